The van der Waals surface area contributed by atoms with Gasteiger partial charge >= 0.3 is 0 Å². The van der Waals surface area contributed by atoms with Crippen molar-refractivity contribution < 1.29 is 9.18 Å². The zero-order chi connectivity index (χ0) is 25.4. The maximum Gasteiger partial charge on any atom is 0.247 e. The first kappa shape index (κ1) is 23.6. The minimum Gasteiger partial charge on any atom is -0.378 e. The molecule has 1 aliphatic heterocycles. The normalized spacial score (nSPS) is 14.0. The molecule has 0 unspecified atom stereocenters. The van der Waals surface area contributed by atoms with E-state index in [1.165, 1.54) is 12.1 Å². The van der Waals surface area contributed by atoms with Gasteiger partial charge in [-0.2, -0.15) is 0 Å². The molecule has 0 atom stereocenters. The summed E-state index contributed by atoms with van der Waals surface area (Å²) >= 11 is 0. The summed E-state index contributed by atoms with van der Waals surface area (Å²) in [7, 11) is 8.02. The van der Waals surface area contributed by atoms with Gasteiger partial charge in [-0.1, -0.05) is 54.6 Å². The summed E-state index contributed by atoms with van der Waals surface area (Å²) < 4.78 is 13.6. The Morgan fingerprint density at radius 3 is 1.69 bits per heavy atom. The van der Waals surface area contributed by atoms with Crippen molar-refractivity contribution in [3.05, 3.63) is 125 Å². The van der Waals surface area contributed by atoms with Crippen molar-refractivity contribution in [1.29, 1.82) is 0 Å². The number of anilines is 3. The Balaban J connectivity index is 1.72. The van der Waals surface area contributed by atoms with Crippen molar-refractivity contribution in [2.45, 2.75) is 12.0 Å². The van der Waals surface area contributed by atoms with Crippen LogP contribution >= 0.6 is 0 Å². The summed E-state index contributed by atoms with van der Waals surface area (Å²) in [5, 5.41) is 0. The lowest BCUT2D eigenvalue weighted by Gasteiger charge is -2.31. The topological polar surface area (TPSA) is 26.8 Å². The Morgan fingerprint density at radius 1 is 0.694 bits per heavy atom. The molecule has 0 fully saturated rings. The van der Waals surface area contributed by atoms with Crippen LogP contribution in [-0.4, -0.2) is 34.1 Å². The Hall–Kier alpha value is -4.12. The molecule has 0 saturated carbocycles. The molecule has 1 heterocycles. The highest BCUT2D eigenvalue weighted by atomic mass is 19.1. The molecule has 36 heavy (non-hydrogen) atoms. The average molecular weight is 480 g/mol. The van der Waals surface area contributed by atoms with E-state index in [1.807, 2.05) is 61.1 Å². The smallest absolute Gasteiger partial charge is 0.247 e. The standard InChI is InChI=1S/C31H30FN3O/c1-33(2)26-17-11-23(12-18-26)31(24-13-19-27(20-14-24)34(3)4)28-7-5-6-8-29(28)35(30(31)36)21-22-9-15-25(32)16-10-22/h5-20H,21H2,1-4H3. The summed E-state index contributed by atoms with van der Waals surface area (Å²) in [6.07, 6.45) is 0. The van der Waals surface area contributed by atoms with Crippen LogP contribution in [0.3, 0.4) is 0 Å². The van der Waals surface area contributed by atoms with E-state index in [0.29, 0.717) is 6.54 Å². The molecule has 4 nitrogen and oxygen atoms in total. The van der Waals surface area contributed by atoms with Crippen LogP contribution in [0.15, 0.2) is 97.1 Å². The van der Waals surface area contributed by atoms with Crippen LogP contribution in [-0.2, 0) is 16.8 Å². The molecule has 0 N–H and O–H groups in total. The van der Waals surface area contributed by atoms with Gasteiger partial charge in [0, 0.05) is 50.8 Å². The molecule has 0 spiro atoms. The third kappa shape index (κ3) is 3.81. The summed E-state index contributed by atoms with van der Waals surface area (Å²) in [5.41, 5.74) is 5.69. The molecule has 4 aromatic carbocycles. The van der Waals surface area contributed by atoms with Crippen molar-refractivity contribution in [3.8, 4) is 0 Å². The predicted molar refractivity (Wildman–Crippen MR) is 145 cm³/mol. The molecule has 0 bridgehead atoms. The largest absolute Gasteiger partial charge is 0.378 e. The molecule has 182 valence electrons. The molecule has 0 aliphatic carbocycles. The van der Waals surface area contributed by atoms with E-state index in [9.17, 15) is 9.18 Å². The molecule has 0 saturated heterocycles. The van der Waals surface area contributed by atoms with Crippen molar-refractivity contribution in [3.63, 3.8) is 0 Å². The molecule has 0 radical (unpaired) electrons. The van der Waals surface area contributed by atoms with E-state index in [-0.39, 0.29) is 11.7 Å². The van der Waals surface area contributed by atoms with Crippen LogP contribution in [0, 0.1) is 5.82 Å². The van der Waals surface area contributed by atoms with Gasteiger partial charge in [0.2, 0.25) is 5.91 Å². The van der Waals surface area contributed by atoms with Crippen molar-refractivity contribution >= 4 is 23.0 Å². The number of carbonyl (C=O) groups is 1. The second-order valence-electron chi connectivity index (χ2n) is 9.67. The second kappa shape index (κ2) is 9.15. The quantitative estimate of drug-likeness (QED) is 0.348. The number of carbonyl (C=O) groups excluding carboxylic acids is 1. The Labute approximate surface area is 212 Å². The second-order valence-corrected chi connectivity index (χ2v) is 9.67. The Morgan fingerprint density at radius 2 is 1.19 bits per heavy atom. The highest BCUT2D eigenvalue weighted by Crippen LogP contribution is 2.51. The number of hydrogen-bond acceptors (Lipinski definition) is 3. The lowest BCUT2D eigenvalue weighted by molar-refractivity contribution is -0.120. The first-order chi connectivity index (χ1) is 17.3. The first-order valence-electron chi connectivity index (χ1n) is 12.0. The SMILES string of the molecule is CN(C)c1ccc(C2(c3ccc(N(C)C)cc3)C(=O)N(Cc3ccc(F)cc3)c3ccccc32)cc1. The van der Waals surface area contributed by atoms with Crippen LogP contribution < -0.4 is 14.7 Å². The van der Waals surface area contributed by atoms with Gasteiger partial charge in [-0.25, -0.2) is 4.39 Å². The van der Waals surface area contributed by atoms with E-state index in [0.717, 1.165) is 39.3 Å². The Bertz CT molecular complexity index is 1330. The number of benzene rings is 4. The summed E-state index contributed by atoms with van der Waals surface area (Å²) in [6.45, 7) is 0.365. The van der Waals surface area contributed by atoms with Gasteiger partial charge < -0.3 is 14.7 Å². The molecule has 1 amide bonds. The molecular weight excluding hydrogens is 449 g/mol. The summed E-state index contributed by atoms with van der Waals surface area (Å²) in [5.74, 6) is -0.300. The fourth-order valence-electron chi connectivity index (χ4n) is 5.13. The van der Waals surface area contributed by atoms with Crippen molar-refractivity contribution in [2.75, 3.05) is 42.9 Å². The van der Waals surface area contributed by atoms with Crippen LogP contribution in [0.1, 0.15) is 22.3 Å². The maximum atomic E-state index is 14.6. The van der Waals surface area contributed by atoms with Gasteiger partial charge in [-0.15, -0.1) is 0 Å². The van der Waals surface area contributed by atoms with E-state index >= 15 is 0 Å². The van der Waals surface area contributed by atoms with Crippen LogP contribution in [0.4, 0.5) is 21.5 Å². The number of hydrogen-bond donors (Lipinski definition) is 0. The number of fused-ring (bicyclic) bond motifs is 1. The average Bonchev–Trinajstić information content (AvgIpc) is 3.14. The number of rotatable bonds is 6. The van der Waals surface area contributed by atoms with Crippen LogP contribution in [0.2, 0.25) is 0 Å². The van der Waals surface area contributed by atoms with Gasteiger partial charge in [0.25, 0.3) is 0 Å². The highest BCUT2D eigenvalue weighted by Gasteiger charge is 2.53. The summed E-state index contributed by atoms with van der Waals surface area (Å²) in [4.78, 5) is 20.6. The van der Waals surface area contributed by atoms with E-state index in [1.54, 1.807) is 12.1 Å². The molecule has 4 aromatic rings. The van der Waals surface area contributed by atoms with Gasteiger partial charge in [-0.05, 0) is 59.2 Å². The zero-order valence-electron chi connectivity index (χ0n) is 21.1. The van der Waals surface area contributed by atoms with Gasteiger partial charge in [0.05, 0.1) is 6.54 Å². The van der Waals surface area contributed by atoms with Gasteiger partial charge in [0.1, 0.15) is 11.2 Å². The van der Waals surface area contributed by atoms with Crippen LogP contribution in [0.5, 0.6) is 0 Å². The van der Waals surface area contributed by atoms with E-state index in [2.05, 4.69) is 54.6 Å². The maximum absolute atomic E-state index is 14.6. The minimum atomic E-state index is -0.994. The molecule has 0 aromatic heterocycles. The zero-order valence-corrected chi connectivity index (χ0v) is 21.1. The fraction of sp³-hybridized carbons (Fsp3) is 0.194. The van der Waals surface area contributed by atoms with E-state index in [4.69, 9.17) is 0 Å². The minimum absolute atomic E-state index is 0.0109. The number of para-hydroxylation sites is 1. The fourth-order valence-corrected chi connectivity index (χ4v) is 5.13. The molecule has 5 heteroatoms. The first-order valence-corrected chi connectivity index (χ1v) is 12.0. The lowest BCUT2D eigenvalue weighted by Crippen LogP contribution is -2.42. The number of halogens is 1. The lowest BCUT2D eigenvalue weighted by atomic mass is 9.70. The van der Waals surface area contributed by atoms with Gasteiger partial charge in [-0.3, -0.25) is 4.79 Å². The number of amides is 1. The highest BCUT2D eigenvalue weighted by molar-refractivity contribution is 6.13. The monoisotopic (exact) mass is 479 g/mol. The third-order valence-corrected chi connectivity index (χ3v) is 7.05. The summed E-state index contributed by atoms with van der Waals surface area (Å²) in [6, 6.07) is 30.8. The number of nitrogens with zero attached hydrogens (tertiary/aromatic N) is 3. The Kier molecular flexibility index (Phi) is 6.00. The molecule has 1 aliphatic rings. The van der Waals surface area contributed by atoms with Crippen LogP contribution in [0.25, 0.3) is 0 Å². The van der Waals surface area contributed by atoms with Gasteiger partial charge in [0.15, 0.2) is 0 Å². The van der Waals surface area contributed by atoms with Crippen molar-refractivity contribution in [2.24, 2.45) is 0 Å². The molecular formula is C31H30FN3O. The third-order valence-electron chi connectivity index (χ3n) is 7.05. The van der Waals surface area contributed by atoms with E-state index < -0.39 is 5.41 Å². The predicted octanol–water partition coefficient (Wildman–Crippen LogP) is 5.84. The van der Waals surface area contributed by atoms with Crippen molar-refractivity contribution in [1.82, 2.24) is 0 Å². The molecule has 5 rings (SSSR count).